The highest BCUT2D eigenvalue weighted by atomic mass is 16.5. The molecule has 16 heteroatoms. The molecule has 5 N–H and O–H groups in total. The Morgan fingerprint density at radius 1 is 0.463 bits per heavy atom. The average molecular weight is 1130 g/mol. The van der Waals surface area contributed by atoms with Gasteiger partial charge in [-0.3, -0.25) is 5.21 Å². The molecule has 2 saturated carbocycles. The summed E-state index contributed by atoms with van der Waals surface area (Å²) in [7, 11) is 0. The van der Waals surface area contributed by atoms with Gasteiger partial charge in [-0.2, -0.15) is 51.8 Å². The number of benzene rings is 3. The largest absolute Gasteiger partial charge is 0.313 e. The predicted molar refractivity (Wildman–Crippen MR) is 322 cm³/mol. The Morgan fingerprint density at radius 2 is 0.829 bits per heavy atom. The number of rotatable bonds is 16. The van der Waals surface area contributed by atoms with Crippen molar-refractivity contribution in [2.75, 3.05) is 5.06 Å². The number of hydrogen-bond acceptors (Lipinski definition) is 16. The van der Waals surface area contributed by atoms with E-state index in [1.165, 1.54) is 28.0 Å². The van der Waals surface area contributed by atoms with Gasteiger partial charge in [-0.05, 0) is 166 Å². The molecule has 0 saturated heterocycles. The van der Waals surface area contributed by atoms with Gasteiger partial charge in [0.1, 0.15) is 12.1 Å². The van der Waals surface area contributed by atoms with Crippen LogP contribution in [0.5, 0.6) is 0 Å². The van der Waals surface area contributed by atoms with Crippen molar-refractivity contribution >= 4 is 5.69 Å². The van der Waals surface area contributed by atoms with Gasteiger partial charge < -0.3 is 20.8 Å². The summed E-state index contributed by atoms with van der Waals surface area (Å²) in [5.41, 5.74) is -1.28. The third-order valence-electron chi connectivity index (χ3n) is 16.0. The Hall–Kier alpha value is -5.96. The van der Waals surface area contributed by atoms with Crippen molar-refractivity contribution in [2.45, 2.75) is 248 Å². The molecule has 3 aromatic rings. The second kappa shape index (κ2) is 33.4. The maximum absolute atomic E-state index is 10.7. The lowest BCUT2D eigenvalue weighted by molar-refractivity contribution is -0.203. The molecule has 2 aliphatic carbocycles. The van der Waals surface area contributed by atoms with E-state index in [-0.39, 0.29) is 29.7 Å². The molecular weight excluding hydrogens is 1030 g/mol. The van der Waals surface area contributed by atoms with Crippen LogP contribution >= 0.6 is 0 Å². The monoisotopic (exact) mass is 1130 g/mol. The second-order valence-corrected chi connectivity index (χ2v) is 26.0. The summed E-state index contributed by atoms with van der Waals surface area (Å²) in [6.45, 7) is 31.5. The van der Waals surface area contributed by atoms with Crippen molar-refractivity contribution in [3.63, 3.8) is 0 Å². The van der Waals surface area contributed by atoms with Crippen LogP contribution < -0.4 is 5.06 Å². The summed E-state index contributed by atoms with van der Waals surface area (Å²) in [6, 6.07) is 40.4. The van der Waals surface area contributed by atoms with Crippen LogP contribution in [0.15, 0.2) is 91.0 Å². The molecule has 0 heterocycles. The molecule has 3 aromatic carbocycles. The standard InChI is InChI=1S/C17H24N2O.C15H17NO.C12H19N3O.C12H24N2O.C10H17N3O/c1-17(2,13-18)16(14-9-5-3-6-10-14)19(20)15-11-7-4-8-12-15;1-15(2,13-9-5-3-6-10-13)16(17)14-11-7-4-8-12-14;1-12(2,9-14)11(8-13)15(16)10-6-4-3-5-7-10;1-7-12(8-2,9-13)10(3)14(15)11(4,5)6;1-9(2,3)13(14)8(6-11)10(4,5)7-12/h3,5-6,9-10,15-16,20H,4,7-8,11-12H2,1-2H3;3-12,17H,1-2H3;10-11,16H,3-7H2,1-2H3;10,15H,7-8H2,1-6H3;8,14H,1-5H3. The molecule has 2 aliphatic rings. The van der Waals surface area contributed by atoms with E-state index in [0.29, 0.717) is 0 Å². The summed E-state index contributed by atoms with van der Waals surface area (Å²) in [5, 5.41) is 112. The lowest BCUT2D eigenvalue weighted by atomic mass is 9.76. The lowest BCUT2D eigenvalue weighted by Crippen LogP contribution is -2.51. The fourth-order valence-electron chi connectivity index (χ4n) is 10.1. The normalized spacial score (nSPS) is 16.1. The van der Waals surface area contributed by atoms with Crippen molar-refractivity contribution in [3.8, 4) is 36.4 Å². The van der Waals surface area contributed by atoms with Gasteiger partial charge >= 0.3 is 0 Å². The zero-order valence-corrected chi connectivity index (χ0v) is 52.8. The minimum absolute atomic E-state index is 0.0334. The third kappa shape index (κ3) is 21.3. The molecule has 0 spiro atoms. The molecule has 16 nitrogen and oxygen atoms in total. The molecule has 0 aromatic heterocycles. The van der Waals surface area contributed by atoms with Gasteiger partial charge in [0.2, 0.25) is 0 Å². The molecule has 0 amide bonds. The van der Waals surface area contributed by atoms with E-state index in [1.807, 2.05) is 178 Å². The molecule has 82 heavy (non-hydrogen) atoms. The van der Waals surface area contributed by atoms with Crippen LogP contribution in [0, 0.1) is 89.6 Å². The predicted octanol–water partition coefficient (Wildman–Crippen LogP) is 15.7. The number of nitrogens with zero attached hydrogens (tertiary/aromatic N) is 11. The molecule has 5 rings (SSSR count). The number of hydrogen-bond donors (Lipinski definition) is 5. The van der Waals surface area contributed by atoms with Crippen LogP contribution in [0.1, 0.15) is 212 Å². The van der Waals surface area contributed by atoms with Crippen LogP contribution in [-0.4, -0.2) is 87.6 Å². The molecule has 4 atom stereocenters. The highest BCUT2D eigenvalue weighted by Gasteiger charge is 2.42. The maximum Gasteiger partial charge on any atom is 0.140 e. The molecule has 4 unspecified atom stereocenters. The van der Waals surface area contributed by atoms with Gasteiger partial charge in [0.05, 0.1) is 81.4 Å². The van der Waals surface area contributed by atoms with Crippen LogP contribution in [-0.2, 0) is 5.54 Å². The van der Waals surface area contributed by atoms with Crippen LogP contribution in [0.25, 0.3) is 0 Å². The lowest BCUT2D eigenvalue weighted by Gasteiger charge is -2.42. The van der Waals surface area contributed by atoms with Gasteiger partial charge in [0, 0.05) is 23.2 Å². The SMILES string of the molecule is CC(C)(C#N)C(C#N)N(O)C(C)(C)C.CC(C)(C#N)C(C#N)N(O)C1CCCCC1.CC(C)(C#N)C(c1ccccc1)N(O)C1CCCCC1.CC(C)(c1ccccc1)N(O)c1ccccc1.CCC(C#N)(CC)C(C)N(O)C(C)(C)C. The number of para-hydroxylation sites is 1. The summed E-state index contributed by atoms with van der Waals surface area (Å²) < 4.78 is 0. The minimum atomic E-state index is -0.892. The molecular formula is C66H101N11O5. The third-order valence-corrected chi connectivity index (χ3v) is 16.0. The van der Waals surface area contributed by atoms with Crippen molar-refractivity contribution < 1.29 is 26.0 Å². The van der Waals surface area contributed by atoms with Crippen LogP contribution in [0.3, 0.4) is 0 Å². The fraction of sp³-hybridized carbons (Fsp3) is 0.636. The number of nitriles is 6. The van der Waals surface area contributed by atoms with E-state index in [2.05, 4.69) is 18.2 Å². The van der Waals surface area contributed by atoms with E-state index < -0.39 is 44.8 Å². The minimum Gasteiger partial charge on any atom is -0.313 e. The van der Waals surface area contributed by atoms with Gasteiger partial charge in [-0.25, -0.2) is 5.06 Å². The van der Waals surface area contributed by atoms with Gasteiger partial charge in [-0.15, -0.1) is 0 Å². The van der Waals surface area contributed by atoms with Gasteiger partial charge in [-0.1, -0.05) is 131 Å². The first kappa shape index (κ1) is 74.1. The summed E-state index contributed by atoms with van der Waals surface area (Å²) in [5.74, 6) is 0. The Bertz CT molecular complexity index is 2560. The number of hydroxylamine groups is 9. The Balaban J connectivity index is 0.000000516. The topological polar surface area (TPSA) is 260 Å². The van der Waals surface area contributed by atoms with E-state index in [9.17, 15) is 36.6 Å². The first-order chi connectivity index (χ1) is 38.1. The first-order valence-electron chi connectivity index (χ1n) is 29.1. The second-order valence-electron chi connectivity index (χ2n) is 26.0. The van der Waals surface area contributed by atoms with Crippen molar-refractivity contribution in [1.82, 2.24) is 20.3 Å². The zero-order valence-electron chi connectivity index (χ0n) is 52.8. The van der Waals surface area contributed by atoms with E-state index >= 15 is 0 Å². The van der Waals surface area contributed by atoms with Crippen molar-refractivity contribution in [1.29, 1.82) is 31.6 Å². The Labute approximate surface area is 494 Å². The average Bonchev–Trinajstić information content (AvgIpc) is 3.64. The van der Waals surface area contributed by atoms with Crippen molar-refractivity contribution in [2.24, 2.45) is 21.7 Å². The van der Waals surface area contributed by atoms with E-state index in [1.54, 1.807) is 48.5 Å². The van der Waals surface area contributed by atoms with Gasteiger partial charge in [0.15, 0.2) is 0 Å². The van der Waals surface area contributed by atoms with Crippen molar-refractivity contribution in [3.05, 3.63) is 102 Å². The summed E-state index contributed by atoms with van der Waals surface area (Å²) in [6.07, 6.45) is 12.3. The fourth-order valence-corrected chi connectivity index (χ4v) is 10.1. The zero-order chi connectivity index (χ0) is 62.9. The number of anilines is 1. The molecule has 450 valence electrons. The summed E-state index contributed by atoms with van der Waals surface area (Å²) >= 11 is 0. The maximum atomic E-state index is 10.7. The quantitative estimate of drug-likeness (QED) is 0.0835. The molecule has 2 fully saturated rings. The molecule has 0 aliphatic heterocycles. The van der Waals surface area contributed by atoms with Crippen LogP contribution in [0.4, 0.5) is 5.69 Å². The Kier molecular flexibility index (Phi) is 30.1. The highest BCUT2D eigenvalue weighted by Crippen LogP contribution is 2.41. The van der Waals surface area contributed by atoms with Gasteiger partial charge in [0.25, 0.3) is 0 Å². The smallest absolute Gasteiger partial charge is 0.140 e. The summed E-state index contributed by atoms with van der Waals surface area (Å²) in [4.78, 5) is 0. The van der Waals surface area contributed by atoms with Crippen LogP contribution in [0.2, 0.25) is 0 Å². The first-order valence-corrected chi connectivity index (χ1v) is 29.1. The highest BCUT2D eigenvalue weighted by molar-refractivity contribution is 5.47. The van der Waals surface area contributed by atoms with E-state index in [0.717, 1.165) is 91.1 Å². The van der Waals surface area contributed by atoms with E-state index in [4.69, 9.17) is 21.0 Å². The Morgan fingerprint density at radius 3 is 1.18 bits per heavy atom. The molecule has 0 bridgehead atoms. The molecule has 0 radical (unpaired) electrons.